The van der Waals surface area contributed by atoms with E-state index in [2.05, 4.69) is 105 Å². The molecule has 0 unspecified atom stereocenters. The molecule has 2 nitrogen and oxygen atoms in total. The molecular formula is C25H35NOSi. The molecular weight excluding hydrogens is 358 g/mol. The van der Waals surface area contributed by atoms with Crippen molar-refractivity contribution in [3.8, 4) is 11.5 Å². The number of hydrogen-bond donors (Lipinski definition) is 1. The van der Waals surface area contributed by atoms with E-state index in [0.29, 0.717) is 0 Å². The summed E-state index contributed by atoms with van der Waals surface area (Å²) in [5, 5.41) is 11.2. The maximum absolute atomic E-state index is 11.2. The molecule has 0 saturated carbocycles. The van der Waals surface area contributed by atoms with Gasteiger partial charge in [0.1, 0.15) is 8.07 Å². The van der Waals surface area contributed by atoms with Crippen LogP contribution in [0.5, 0.6) is 0 Å². The molecule has 0 saturated heterocycles. The molecule has 2 atom stereocenters. The average Bonchev–Trinajstić information content (AvgIpc) is 2.61. The summed E-state index contributed by atoms with van der Waals surface area (Å²) in [5.74, 6) is 3.49. The molecule has 3 heteroatoms. The van der Waals surface area contributed by atoms with Crippen LogP contribution in [0.1, 0.15) is 31.9 Å². The fourth-order valence-electron chi connectivity index (χ4n) is 3.02. The van der Waals surface area contributed by atoms with Gasteiger partial charge in [0.2, 0.25) is 0 Å². The summed E-state index contributed by atoms with van der Waals surface area (Å²) >= 11 is 0. The van der Waals surface area contributed by atoms with Crippen LogP contribution in [0.25, 0.3) is 0 Å². The molecule has 0 aliphatic carbocycles. The zero-order valence-electron chi connectivity index (χ0n) is 18.2. The lowest BCUT2D eigenvalue weighted by atomic mass is 9.84. The zero-order valence-corrected chi connectivity index (χ0v) is 19.2. The minimum Gasteiger partial charge on any atom is -0.390 e. The van der Waals surface area contributed by atoms with Crippen molar-refractivity contribution in [1.29, 1.82) is 0 Å². The minimum atomic E-state index is -1.55. The van der Waals surface area contributed by atoms with Crippen LogP contribution in [0.3, 0.4) is 0 Å². The molecule has 0 heterocycles. The van der Waals surface area contributed by atoms with E-state index in [1.54, 1.807) is 0 Å². The molecule has 1 N–H and O–H groups in total. The standard InChI is InChI=1S/C25H35NOSi/c1-25(2,3)24(27)23(17-18-28(4,5)6)26(19-21-13-9-7-10-14-21)20-22-15-11-8-12-16-22/h7-16,23-24,27H,19-20H2,1-6H3/t23-,24+/m1/s1. The Bertz CT molecular complexity index is 737. The van der Waals surface area contributed by atoms with Crippen molar-refractivity contribution in [3.63, 3.8) is 0 Å². The number of aliphatic hydroxyl groups excluding tert-OH is 1. The summed E-state index contributed by atoms with van der Waals surface area (Å²) < 4.78 is 0. The number of rotatable bonds is 6. The van der Waals surface area contributed by atoms with E-state index in [4.69, 9.17) is 0 Å². The Morgan fingerprint density at radius 2 is 1.29 bits per heavy atom. The van der Waals surface area contributed by atoms with Gasteiger partial charge in [-0.25, -0.2) is 0 Å². The molecule has 150 valence electrons. The Morgan fingerprint density at radius 1 is 0.857 bits per heavy atom. The average molecular weight is 394 g/mol. The molecule has 2 aromatic carbocycles. The fourth-order valence-corrected chi connectivity index (χ4v) is 3.60. The maximum atomic E-state index is 11.2. The van der Waals surface area contributed by atoms with Gasteiger partial charge in [0.05, 0.1) is 12.1 Å². The highest BCUT2D eigenvalue weighted by molar-refractivity contribution is 6.83. The highest BCUT2D eigenvalue weighted by Gasteiger charge is 2.33. The van der Waals surface area contributed by atoms with Gasteiger partial charge in [-0.2, -0.15) is 0 Å². The molecule has 2 rings (SSSR count). The molecule has 0 amide bonds. The summed E-state index contributed by atoms with van der Waals surface area (Å²) in [6.45, 7) is 14.5. The molecule has 0 spiro atoms. The van der Waals surface area contributed by atoms with Crippen molar-refractivity contribution in [2.45, 2.75) is 65.6 Å². The van der Waals surface area contributed by atoms with Crippen LogP contribution in [-0.4, -0.2) is 30.2 Å². The highest BCUT2D eigenvalue weighted by Crippen LogP contribution is 2.26. The van der Waals surface area contributed by atoms with Gasteiger partial charge in [0, 0.05) is 13.1 Å². The second kappa shape index (κ2) is 9.56. The van der Waals surface area contributed by atoms with Crippen molar-refractivity contribution >= 4 is 8.07 Å². The third-order valence-corrected chi connectivity index (χ3v) is 5.53. The normalized spacial score (nSPS) is 14.3. The molecule has 0 bridgehead atoms. The molecule has 0 aliphatic rings. The first kappa shape index (κ1) is 22.4. The number of nitrogens with zero attached hydrogens (tertiary/aromatic N) is 1. The van der Waals surface area contributed by atoms with E-state index < -0.39 is 14.2 Å². The van der Waals surface area contributed by atoms with Gasteiger partial charge in [-0.15, -0.1) is 5.54 Å². The predicted octanol–water partition coefficient (Wildman–Crippen LogP) is 5.35. The Balaban J connectivity index is 2.44. The Labute approximate surface area is 172 Å². The van der Waals surface area contributed by atoms with Crippen molar-refractivity contribution < 1.29 is 5.11 Å². The molecule has 2 aromatic rings. The maximum Gasteiger partial charge on any atom is 0.129 e. The quantitative estimate of drug-likeness (QED) is 0.528. The lowest BCUT2D eigenvalue weighted by Crippen LogP contribution is -2.48. The Morgan fingerprint density at radius 3 is 1.64 bits per heavy atom. The van der Waals surface area contributed by atoms with Crippen LogP contribution >= 0.6 is 0 Å². The van der Waals surface area contributed by atoms with Crippen LogP contribution in [0.15, 0.2) is 60.7 Å². The van der Waals surface area contributed by atoms with Crippen molar-refractivity contribution in [2.75, 3.05) is 0 Å². The van der Waals surface area contributed by atoms with Crippen LogP contribution in [0.4, 0.5) is 0 Å². The van der Waals surface area contributed by atoms with Gasteiger partial charge in [-0.05, 0) is 16.5 Å². The summed E-state index contributed by atoms with van der Waals surface area (Å²) in [6.07, 6.45) is -0.538. The van der Waals surface area contributed by atoms with E-state index in [0.717, 1.165) is 13.1 Å². The van der Waals surface area contributed by atoms with Crippen molar-refractivity contribution in [1.82, 2.24) is 4.90 Å². The fraction of sp³-hybridized carbons (Fsp3) is 0.440. The smallest absolute Gasteiger partial charge is 0.129 e. The van der Waals surface area contributed by atoms with Crippen molar-refractivity contribution in [2.24, 2.45) is 5.41 Å². The number of aliphatic hydroxyl groups is 1. The highest BCUT2D eigenvalue weighted by atomic mass is 28.3. The van der Waals surface area contributed by atoms with Crippen LogP contribution in [-0.2, 0) is 13.1 Å². The summed E-state index contributed by atoms with van der Waals surface area (Å²) in [4.78, 5) is 2.33. The third-order valence-electron chi connectivity index (χ3n) is 4.63. The predicted molar refractivity (Wildman–Crippen MR) is 123 cm³/mol. The van der Waals surface area contributed by atoms with Crippen LogP contribution < -0.4 is 0 Å². The van der Waals surface area contributed by atoms with Gasteiger partial charge in [-0.3, -0.25) is 4.90 Å². The number of benzene rings is 2. The van der Waals surface area contributed by atoms with Gasteiger partial charge >= 0.3 is 0 Å². The van der Waals surface area contributed by atoms with Crippen molar-refractivity contribution in [3.05, 3.63) is 71.8 Å². The van der Waals surface area contributed by atoms with E-state index in [1.807, 2.05) is 12.1 Å². The lowest BCUT2D eigenvalue weighted by Gasteiger charge is -2.38. The second-order valence-electron chi connectivity index (χ2n) is 9.65. The number of hydrogen-bond acceptors (Lipinski definition) is 2. The Kier molecular flexibility index (Phi) is 7.66. The SMILES string of the molecule is CC(C)(C)[C@@H](O)[C@@H](C#C[Si](C)(C)C)N(Cc1ccccc1)Cc1ccccc1. The largest absolute Gasteiger partial charge is 0.390 e. The van der Waals surface area contributed by atoms with E-state index in [9.17, 15) is 5.11 Å². The Hall–Kier alpha value is -1.86. The second-order valence-corrected chi connectivity index (χ2v) is 14.4. The molecule has 0 aliphatic heterocycles. The van der Waals surface area contributed by atoms with E-state index in [-0.39, 0.29) is 11.5 Å². The molecule has 0 radical (unpaired) electrons. The van der Waals surface area contributed by atoms with Gasteiger partial charge in [-0.1, -0.05) is 107 Å². The molecule has 0 aromatic heterocycles. The van der Waals surface area contributed by atoms with Gasteiger partial charge in [0.15, 0.2) is 0 Å². The lowest BCUT2D eigenvalue weighted by molar-refractivity contribution is -0.00316. The molecule has 28 heavy (non-hydrogen) atoms. The van der Waals surface area contributed by atoms with Crippen LogP contribution in [0.2, 0.25) is 19.6 Å². The monoisotopic (exact) mass is 393 g/mol. The first-order valence-corrected chi connectivity index (χ1v) is 13.6. The van der Waals surface area contributed by atoms with Gasteiger partial charge in [0.25, 0.3) is 0 Å². The zero-order chi connectivity index (χ0) is 20.8. The third kappa shape index (κ3) is 7.28. The first-order valence-electron chi connectivity index (χ1n) is 10.1. The van der Waals surface area contributed by atoms with E-state index in [1.165, 1.54) is 11.1 Å². The topological polar surface area (TPSA) is 23.5 Å². The van der Waals surface area contributed by atoms with Crippen LogP contribution in [0, 0.1) is 16.9 Å². The minimum absolute atomic E-state index is 0.216. The summed E-state index contributed by atoms with van der Waals surface area (Å²) in [5.41, 5.74) is 5.74. The molecule has 0 fully saturated rings. The summed E-state index contributed by atoms with van der Waals surface area (Å²) in [7, 11) is -1.55. The summed E-state index contributed by atoms with van der Waals surface area (Å²) in [6, 6.07) is 20.7. The first-order chi connectivity index (χ1) is 13.1. The van der Waals surface area contributed by atoms with Gasteiger partial charge < -0.3 is 5.11 Å². The van der Waals surface area contributed by atoms with E-state index >= 15 is 0 Å².